The third kappa shape index (κ3) is 6.29. The van der Waals surface area contributed by atoms with Gasteiger partial charge in [-0.2, -0.15) is 0 Å². The third-order valence-corrected chi connectivity index (χ3v) is 3.86. The van der Waals surface area contributed by atoms with Gasteiger partial charge in [0.1, 0.15) is 23.9 Å². The SMILES string of the molecule is COC(=O)CCN(CCOc1ccc(OC)cc1)C(=O)c1cccc(F)c1. The van der Waals surface area contributed by atoms with E-state index in [1.54, 1.807) is 31.4 Å². The van der Waals surface area contributed by atoms with Crippen molar-refractivity contribution >= 4 is 11.9 Å². The second-order valence-corrected chi connectivity index (χ2v) is 5.65. The van der Waals surface area contributed by atoms with Crippen molar-refractivity contribution in [3.05, 3.63) is 59.9 Å². The number of halogens is 1. The van der Waals surface area contributed by atoms with E-state index in [-0.39, 0.29) is 37.6 Å². The summed E-state index contributed by atoms with van der Waals surface area (Å²) in [4.78, 5) is 25.5. The predicted molar refractivity (Wildman–Crippen MR) is 97.4 cm³/mol. The molecular weight excluding hydrogens is 353 g/mol. The van der Waals surface area contributed by atoms with Crippen LogP contribution in [0, 0.1) is 5.82 Å². The number of carbonyl (C=O) groups is 2. The number of hydrogen-bond donors (Lipinski definition) is 0. The molecular formula is C20H22FNO5. The normalized spacial score (nSPS) is 10.2. The summed E-state index contributed by atoms with van der Waals surface area (Å²) in [6.07, 6.45) is 0.0418. The van der Waals surface area contributed by atoms with Gasteiger partial charge in [0.2, 0.25) is 0 Å². The first-order chi connectivity index (χ1) is 13.0. The molecule has 0 saturated heterocycles. The summed E-state index contributed by atoms with van der Waals surface area (Å²) in [5.41, 5.74) is 0.212. The summed E-state index contributed by atoms with van der Waals surface area (Å²) in [6, 6.07) is 12.5. The first kappa shape index (κ1) is 20.2. The van der Waals surface area contributed by atoms with Crippen LogP contribution in [0.25, 0.3) is 0 Å². The van der Waals surface area contributed by atoms with Crippen molar-refractivity contribution in [2.24, 2.45) is 0 Å². The molecule has 0 fully saturated rings. The van der Waals surface area contributed by atoms with Crippen molar-refractivity contribution in [2.75, 3.05) is 33.9 Å². The summed E-state index contributed by atoms with van der Waals surface area (Å²) >= 11 is 0. The predicted octanol–water partition coefficient (Wildman–Crippen LogP) is 2.92. The van der Waals surface area contributed by atoms with E-state index in [1.807, 2.05) is 0 Å². The Kier molecular flexibility index (Phi) is 7.61. The molecule has 27 heavy (non-hydrogen) atoms. The van der Waals surface area contributed by atoms with Crippen LogP contribution in [0.4, 0.5) is 4.39 Å². The number of ether oxygens (including phenoxy) is 3. The van der Waals surface area contributed by atoms with E-state index in [4.69, 9.17) is 9.47 Å². The zero-order chi connectivity index (χ0) is 19.6. The molecule has 2 rings (SSSR count). The van der Waals surface area contributed by atoms with Crippen LogP contribution >= 0.6 is 0 Å². The van der Waals surface area contributed by atoms with Gasteiger partial charge in [-0.1, -0.05) is 6.07 Å². The minimum absolute atomic E-state index is 0.0418. The highest BCUT2D eigenvalue weighted by atomic mass is 19.1. The largest absolute Gasteiger partial charge is 0.497 e. The Labute approximate surface area is 157 Å². The summed E-state index contributed by atoms with van der Waals surface area (Å²) in [5, 5.41) is 0. The van der Waals surface area contributed by atoms with E-state index in [1.165, 1.54) is 30.2 Å². The second kappa shape index (κ2) is 10.2. The van der Waals surface area contributed by atoms with E-state index >= 15 is 0 Å². The molecule has 0 aliphatic rings. The average molecular weight is 375 g/mol. The lowest BCUT2D eigenvalue weighted by Gasteiger charge is -2.22. The molecule has 0 unspecified atom stereocenters. The second-order valence-electron chi connectivity index (χ2n) is 5.65. The zero-order valence-corrected chi connectivity index (χ0v) is 15.3. The number of methoxy groups -OCH3 is 2. The van der Waals surface area contributed by atoms with Crippen LogP contribution in [0.5, 0.6) is 11.5 Å². The quantitative estimate of drug-likeness (QED) is 0.631. The van der Waals surface area contributed by atoms with Crippen LogP contribution in [-0.4, -0.2) is 50.7 Å². The number of hydrogen-bond acceptors (Lipinski definition) is 5. The maximum Gasteiger partial charge on any atom is 0.307 e. The minimum atomic E-state index is -0.497. The highest BCUT2D eigenvalue weighted by Crippen LogP contribution is 2.17. The van der Waals surface area contributed by atoms with Crippen molar-refractivity contribution < 1.29 is 28.2 Å². The Morgan fingerprint density at radius 3 is 2.33 bits per heavy atom. The lowest BCUT2D eigenvalue weighted by Crippen LogP contribution is -2.36. The van der Waals surface area contributed by atoms with Gasteiger partial charge in [0.05, 0.1) is 27.2 Å². The molecule has 0 aromatic heterocycles. The molecule has 0 aliphatic heterocycles. The third-order valence-electron chi connectivity index (χ3n) is 3.86. The molecule has 144 valence electrons. The van der Waals surface area contributed by atoms with E-state index in [0.717, 1.165) is 6.07 Å². The molecule has 0 bridgehead atoms. The van der Waals surface area contributed by atoms with Crippen LogP contribution in [0.15, 0.2) is 48.5 Å². The monoisotopic (exact) mass is 375 g/mol. The smallest absolute Gasteiger partial charge is 0.307 e. The maximum atomic E-state index is 13.4. The molecule has 0 aliphatic carbocycles. The van der Waals surface area contributed by atoms with Gasteiger partial charge in [-0.3, -0.25) is 9.59 Å². The molecule has 0 radical (unpaired) electrons. The number of esters is 1. The lowest BCUT2D eigenvalue weighted by atomic mass is 10.2. The van der Waals surface area contributed by atoms with Crippen LogP contribution in [0.3, 0.4) is 0 Å². The molecule has 0 atom stereocenters. The molecule has 0 spiro atoms. The highest BCUT2D eigenvalue weighted by Gasteiger charge is 2.18. The fourth-order valence-corrected chi connectivity index (χ4v) is 2.39. The number of amides is 1. The van der Waals surface area contributed by atoms with Crippen LogP contribution in [-0.2, 0) is 9.53 Å². The minimum Gasteiger partial charge on any atom is -0.497 e. The molecule has 7 heteroatoms. The molecule has 1 amide bonds. The molecule has 0 heterocycles. The summed E-state index contributed by atoms with van der Waals surface area (Å²) in [7, 11) is 2.86. The molecule has 0 saturated carbocycles. The van der Waals surface area contributed by atoms with Gasteiger partial charge in [0.15, 0.2) is 0 Å². The van der Waals surface area contributed by atoms with Gasteiger partial charge < -0.3 is 19.1 Å². The first-order valence-electron chi connectivity index (χ1n) is 8.42. The molecule has 2 aromatic rings. The van der Waals surface area contributed by atoms with Gasteiger partial charge >= 0.3 is 5.97 Å². The number of rotatable bonds is 9. The van der Waals surface area contributed by atoms with E-state index in [9.17, 15) is 14.0 Å². The number of benzene rings is 2. The Morgan fingerprint density at radius 1 is 1.00 bits per heavy atom. The van der Waals surface area contributed by atoms with E-state index < -0.39 is 11.8 Å². The average Bonchev–Trinajstić information content (AvgIpc) is 2.70. The first-order valence-corrected chi connectivity index (χ1v) is 8.42. The fourth-order valence-electron chi connectivity index (χ4n) is 2.39. The van der Waals surface area contributed by atoms with Crippen molar-refractivity contribution in [1.82, 2.24) is 4.90 Å². The van der Waals surface area contributed by atoms with Gasteiger partial charge in [-0.25, -0.2) is 4.39 Å². The summed E-state index contributed by atoms with van der Waals surface area (Å²) < 4.78 is 28.8. The summed E-state index contributed by atoms with van der Waals surface area (Å²) in [5.74, 6) is 0.0355. The molecule has 2 aromatic carbocycles. The number of carbonyl (C=O) groups excluding carboxylic acids is 2. The topological polar surface area (TPSA) is 65.1 Å². The van der Waals surface area contributed by atoms with Crippen molar-refractivity contribution in [2.45, 2.75) is 6.42 Å². The van der Waals surface area contributed by atoms with Crippen molar-refractivity contribution in [3.8, 4) is 11.5 Å². The van der Waals surface area contributed by atoms with Crippen LogP contribution in [0.1, 0.15) is 16.8 Å². The van der Waals surface area contributed by atoms with Gasteiger partial charge in [0.25, 0.3) is 5.91 Å². The van der Waals surface area contributed by atoms with Crippen molar-refractivity contribution in [1.29, 1.82) is 0 Å². The standard InChI is InChI=1S/C20H22FNO5/c1-25-17-6-8-18(9-7-17)27-13-12-22(11-10-19(23)26-2)20(24)15-4-3-5-16(21)14-15/h3-9,14H,10-13H2,1-2H3. The van der Waals surface area contributed by atoms with Gasteiger partial charge in [-0.15, -0.1) is 0 Å². The number of nitrogens with zero attached hydrogens (tertiary/aromatic N) is 1. The zero-order valence-electron chi connectivity index (χ0n) is 15.3. The Morgan fingerprint density at radius 2 is 1.70 bits per heavy atom. The lowest BCUT2D eigenvalue weighted by molar-refractivity contribution is -0.140. The van der Waals surface area contributed by atoms with Gasteiger partial charge in [-0.05, 0) is 42.5 Å². The molecule has 0 N–H and O–H groups in total. The Balaban J connectivity index is 2.00. The Hall–Kier alpha value is -3.09. The van der Waals surface area contributed by atoms with Crippen molar-refractivity contribution in [3.63, 3.8) is 0 Å². The Bertz CT molecular complexity index is 763. The molecule has 6 nitrogen and oxygen atoms in total. The van der Waals surface area contributed by atoms with Crippen LogP contribution in [0.2, 0.25) is 0 Å². The highest BCUT2D eigenvalue weighted by molar-refractivity contribution is 5.94. The fraction of sp³-hybridized carbons (Fsp3) is 0.300. The van der Waals surface area contributed by atoms with Crippen LogP contribution < -0.4 is 9.47 Å². The van der Waals surface area contributed by atoms with Gasteiger partial charge in [0, 0.05) is 12.1 Å². The summed E-state index contributed by atoms with van der Waals surface area (Å²) in [6.45, 7) is 0.598. The van der Waals surface area contributed by atoms with E-state index in [0.29, 0.717) is 11.5 Å². The maximum absolute atomic E-state index is 13.4. The van der Waals surface area contributed by atoms with E-state index in [2.05, 4.69) is 4.74 Å².